The molecule has 1 atom stereocenters. The number of fused-ring (bicyclic) bond motifs is 1. The molecular formula is C10H11NO. The molecule has 1 unspecified atom stereocenters. The molecule has 2 nitrogen and oxygen atoms in total. The van der Waals surface area contributed by atoms with E-state index in [4.69, 9.17) is 4.74 Å². The van der Waals surface area contributed by atoms with Crippen LogP contribution in [0.4, 0.5) is 0 Å². The molecule has 12 heavy (non-hydrogen) atoms. The fourth-order valence-corrected chi connectivity index (χ4v) is 1.35. The van der Waals surface area contributed by atoms with Crippen molar-refractivity contribution in [1.29, 1.82) is 0 Å². The molecule has 0 radical (unpaired) electrons. The highest BCUT2D eigenvalue weighted by Crippen LogP contribution is 2.26. The van der Waals surface area contributed by atoms with Crippen LogP contribution in [0, 0.1) is 5.92 Å². The maximum absolute atomic E-state index is 5.04. The zero-order chi connectivity index (χ0) is 8.55. The number of aliphatic imine (C=N–C) groups is 1. The van der Waals surface area contributed by atoms with E-state index < -0.39 is 0 Å². The first-order chi connectivity index (χ1) is 5.79. The van der Waals surface area contributed by atoms with Crippen molar-refractivity contribution in [2.24, 2.45) is 10.9 Å². The van der Waals surface area contributed by atoms with Crippen LogP contribution < -0.4 is 0 Å². The van der Waals surface area contributed by atoms with E-state index in [0.717, 1.165) is 11.3 Å². The Morgan fingerprint density at radius 2 is 2.33 bits per heavy atom. The number of hydrogen-bond donors (Lipinski definition) is 0. The predicted octanol–water partition coefficient (Wildman–Crippen LogP) is 2.06. The van der Waals surface area contributed by atoms with E-state index in [1.807, 2.05) is 6.08 Å². The Bertz CT molecular complexity index is 321. The average molecular weight is 161 g/mol. The van der Waals surface area contributed by atoms with Crippen LogP contribution in [-0.2, 0) is 4.74 Å². The molecule has 0 spiro atoms. The van der Waals surface area contributed by atoms with Gasteiger partial charge in [-0.25, -0.2) is 4.99 Å². The molecule has 1 aliphatic heterocycles. The molecule has 0 aromatic carbocycles. The Morgan fingerprint density at radius 3 is 3.08 bits per heavy atom. The van der Waals surface area contributed by atoms with E-state index in [0.29, 0.717) is 11.8 Å². The Labute approximate surface area is 72.0 Å². The van der Waals surface area contributed by atoms with Gasteiger partial charge in [-0.1, -0.05) is 25.2 Å². The molecule has 0 aromatic rings. The van der Waals surface area contributed by atoms with Gasteiger partial charge in [0.1, 0.15) is 0 Å². The first kappa shape index (κ1) is 7.35. The smallest absolute Gasteiger partial charge is 0.214 e. The second kappa shape index (κ2) is 2.63. The fraction of sp³-hybridized carbons (Fsp3) is 0.300. The van der Waals surface area contributed by atoms with Gasteiger partial charge in [0.15, 0.2) is 0 Å². The van der Waals surface area contributed by atoms with Crippen molar-refractivity contribution in [3.63, 3.8) is 0 Å². The molecule has 2 heteroatoms. The van der Waals surface area contributed by atoms with E-state index in [-0.39, 0.29) is 0 Å². The molecule has 2 rings (SSSR count). The Balaban J connectivity index is 2.35. The normalized spacial score (nSPS) is 25.8. The molecule has 1 heterocycles. The summed E-state index contributed by atoms with van der Waals surface area (Å²) in [7, 11) is 1.64. The highest BCUT2D eigenvalue weighted by molar-refractivity contribution is 5.94. The standard InChI is InChI=1S/C10H11NO/c1-7-3-4-8-6-10(12-2)11-9(8)5-7/h3-7H,1-2H3. The fourth-order valence-electron chi connectivity index (χ4n) is 1.35. The largest absolute Gasteiger partial charge is 0.481 e. The van der Waals surface area contributed by atoms with Gasteiger partial charge in [0.2, 0.25) is 5.90 Å². The Kier molecular flexibility index (Phi) is 1.61. The lowest BCUT2D eigenvalue weighted by Crippen LogP contribution is -1.92. The van der Waals surface area contributed by atoms with Crippen LogP contribution >= 0.6 is 0 Å². The van der Waals surface area contributed by atoms with Gasteiger partial charge in [0, 0.05) is 11.6 Å². The zero-order valence-corrected chi connectivity index (χ0v) is 7.24. The lowest BCUT2D eigenvalue weighted by molar-refractivity contribution is 0.408. The Morgan fingerprint density at radius 1 is 1.50 bits per heavy atom. The van der Waals surface area contributed by atoms with Gasteiger partial charge in [-0.3, -0.25) is 0 Å². The van der Waals surface area contributed by atoms with Gasteiger partial charge in [-0.05, 0) is 5.92 Å². The number of hydrogen-bond acceptors (Lipinski definition) is 2. The summed E-state index contributed by atoms with van der Waals surface area (Å²) in [6, 6.07) is 0. The monoisotopic (exact) mass is 161 g/mol. The first-order valence-corrected chi connectivity index (χ1v) is 4.04. The molecule has 1 aliphatic carbocycles. The minimum absolute atomic E-state index is 0.483. The maximum atomic E-state index is 5.04. The van der Waals surface area contributed by atoms with Crippen molar-refractivity contribution in [2.75, 3.05) is 7.11 Å². The van der Waals surface area contributed by atoms with Gasteiger partial charge in [0.25, 0.3) is 0 Å². The summed E-state index contributed by atoms with van der Waals surface area (Å²) in [5, 5.41) is 0. The van der Waals surface area contributed by atoms with Gasteiger partial charge >= 0.3 is 0 Å². The molecule has 0 aromatic heterocycles. The van der Waals surface area contributed by atoms with Crippen LogP contribution in [0.15, 0.2) is 40.6 Å². The summed E-state index contributed by atoms with van der Waals surface area (Å²) in [5.41, 5.74) is 2.20. The van der Waals surface area contributed by atoms with Crippen molar-refractivity contribution in [3.05, 3.63) is 35.6 Å². The number of ether oxygens (including phenoxy) is 1. The lowest BCUT2D eigenvalue weighted by atomic mass is 10.0. The molecule has 0 amide bonds. The predicted molar refractivity (Wildman–Crippen MR) is 48.9 cm³/mol. The van der Waals surface area contributed by atoms with Gasteiger partial charge in [0.05, 0.1) is 12.8 Å². The van der Waals surface area contributed by atoms with E-state index in [1.54, 1.807) is 7.11 Å². The van der Waals surface area contributed by atoms with Crippen LogP contribution in [0.5, 0.6) is 0 Å². The van der Waals surface area contributed by atoms with Gasteiger partial charge in [-0.15, -0.1) is 0 Å². The van der Waals surface area contributed by atoms with Crippen LogP contribution in [0.2, 0.25) is 0 Å². The topological polar surface area (TPSA) is 21.6 Å². The van der Waals surface area contributed by atoms with Gasteiger partial charge < -0.3 is 4.74 Å². The second-order valence-electron chi connectivity index (χ2n) is 3.02. The average Bonchev–Trinajstić information content (AvgIpc) is 2.46. The summed E-state index contributed by atoms with van der Waals surface area (Å²) in [6.07, 6.45) is 8.34. The summed E-state index contributed by atoms with van der Waals surface area (Å²) >= 11 is 0. The summed E-state index contributed by atoms with van der Waals surface area (Å²) in [5.74, 6) is 1.19. The maximum Gasteiger partial charge on any atom is 0.214 e. The molecule has 0 saturated heterocycles. The molecule has 0 N–H and O–H groups in total. The third-order valence-electron chi connectivity index (χ3n) is 2.01. The van der Waals surface area contributed by atoms with E-state index >= 15 is 0 Å². The number of nitrogens with zero attached hydrogens (tertiary/aromatic N) is 1. The van der Waals surface area contributed by atoms with Crippen LogP contribution in [0.25, 0.3) is 0 Å². The van der Waals surface area contributed by atoms with Crippen molar-refractivity contribution in [1.82, 2.24) is 0 Å². The van der Waals surface area contributed by atoms with Crippen molar-refractivity contribution < 1.29 is 4.74 Å². The lowest BCUT2D eigenvalue weighted by Gasteiger charge is -2.07. The number of rotatable bonds is 0. The zero-order valence-electron chi connectivity index (χ0n) is 7.24. The van der Waals surface area contributed by atoms with E-state index in [9.17, 15) is 0 Å². The molecular weight excluding hydrogens is 150 g/mol. The molecule has 2 aliphatic rings. The summed E-state index contributed by atoms with van der Waals surface area (Å²) in [6.45, 7) is 2.14. The minimum Gasteiger partial charge on any atom is -0.481 e. The summed E-state index contributed by atoms with van der Waals surface area (Å²) < 4.78 is 5.04. The second-order valence-corrected chi connectivity index (χ2v) is 3.02. The third kappa shape index (κ3) is 1.09. The SMILES string of the molecule is COC1=NC2=CC(C)C=CC2=C1. The van der Waals surface area contributed by atoms with E-state index in [1.165, 1.54) is 0 Å². The molecule has 0 bridgehead atoms. The quantitative estimate of drug-likeness (QED) is 0.533. The molecule has 0 saturated carbocycles. The van der Waals surface area contributed by atoms with Crippen LogP contribution in [0.1, 0.15) is 6.92 Å². The molecule has 0 fully saturated rings. The van der Waals surface area contributed by atoms with Crippen LogP contribution in [0.3, 0.4) is 0 Å². The number of allylic oxidation sites excluding steroid dienone is 3. The summed E-state index contributed by atoms with van der Waals surface area (Å²) in [4.78, 5) is 4.29. The first-order valence-electron chi connectivity index (χ1n) is 4.04. The van der Waals surface area contributed by atoms with Crippen LogP contribution in [-0.4, -0.2) is 13.0 Å². The highest BCUT2D eigenvalue weighted by Gasteiger charge is 2.15. The third-order valence-corrected chi connectivity index (χ3v) is 2.01. The van der Waals surface area contributed by atoms with Gasteiger partial charge in [-0.2, -0.15) is 0 Å². The molecule has 62 valence electrons. The number of methoxy groups -OCH3 is 1. The highest BCUT2D eigenvalue weighted by atomic mass is 16.5. The Hall–Kier alpha value is -1.31. The van der Waals surface area contributed by atoms with Crippen molar-refractivity contribution in [3.8, 4) is 0 Å². The van der Waals surface area contributed by atoms with Crippen molar-refractivity contribution >= 4 is 5.90 Å². The van der Waals surface area contributed by atoms with E-state index in [2.05, 4.69) is 30.1 Å². The minimum atomic E-state index is 0.483. The van der Waals surface area contributed by atoms with Crippen molar-refractivity contribution in [2.45, 2.75) is 6.92 Å².